The zero-order chi connectivity index (χ0) is 16.6. The summed E-state index contributed by atoms with van der Waals surface area (Å²) in [7, 11) is 0. The van der Waals surface area contributed by atoms with E-state index in [-0.39, 0.29) is 23.6 Å². The van der Waals surface area contributed by atoms with E-state index in [1.165, 1.54) is 6.07 Å². The molecular weight excluding hydrogens is 299 g/mol. The predicted molar refractivity (Wildman–Crippen MR) is 83.8 cm³/mol. The van der Waals surface area contributed by atoms with E-state index >= 15 is 0 Å². The number of hydrogen-bond donors (Lipinski definition) is 2. The number of carbonyl (C=O) groups excluding carboxylic acids is 2. The molecule has 0 saturated carbocycles. The summed E-state index contributed by atoms with van der Waals surface area (Å²) >= 11 is 0. The lowest BCUT2D eigenvalue weighted by atomic mass is 10.1. The van der Waals surface area contributed by atoms with Crippen molar-refractivity contribution in [1.82, 2.24) is 4.98 Å². The molecule has 0 atom stereocenters. The average molecular weight is 316 g/mol. The van der Waals surface area contributed by atoms with Crippen LogP contribution in [-0.4, -0.2) is 23.3 Å². The van der Waals surface area contributed by atoms with E-state index in [2.05, 4.69) is 10.3 Å². The number of benzene rings is 1. The van der Waals surface area contributed by atoms with Gasteiger partial charge in [-0.1, -0.05) is 6.07 Å². The van der Waals surface area contributed by atoms with Crippen LogP contribution in [0.2, 0.25) is 0 Å². The Labute approximate surface area is 132 Å². The summed E-state index contributed by atoms with van der Waals surface area (Å²) in [5.74, 6) is -0.706. The lowest BCUT2D eigenvalue weighted by Crippen LogP contribution is -2.09. The molecule has 0 spiro atoms. The molecule has 120 valence electrons. The molecule has 0 amide bonds. The van der Waals surface area contributed by atoms with E-state index in [0.29, 0.717) is 29.9 Å². The Hall–Kier alpha value is -2.63. The first-order valence-corrected chi connectivity index (χ1v) is 7.49. The van der Waals surface area contributed by atoms with E-state index in [1.54, 1.807) is 26.0 Å². The van der Waals surface area contributed by atoms with Crippen molar-refractivity contribution in [1.29, 1.82) is 0 Å². The molecule has 1 aliphatic carbocycles. The van der Waals surface area contributed by atoms with Crippen molar-refractivity contribution in [2.45, 2.75) is 26.7 Å². The highest BCUT2D eigenvalue weighted by Gasteiger charge is 2.31. The molecule has 1 aromatic carbocycles. The number of aromatic nitrogens is 1. The van der Waals surface area contributed by atoms with Gasteiger partial charge in [0.2, 0.25) is 0 Å². The van der Waals surface area contributed by atoms with Gasteiger partial charge in [0.1, 0.15) is 17.2 Å². The van der Waals surface area contributed by atoms with Gasteiger partial charge in [-0.05, 0) is 43.5 Å². The number of aryl methyl sites for hydroxylation is 1. The maximum Gasteiger partial charge on any atom is 0.342 e. The van der Waals surface area contributed by atoms with E-state index in [4.69, 9.17) is 4.74 Å². The van der Waals surface area contributed by atoms with Crippen molar-refractivity contribution in [2.75, 3.05) is 11.9 Å². The Morgan fingerprint density at radius 1 is 1.39 bits per heavy atom. The molecule has 0 radical (unpaired) electrons. The number of esters is 1. The standard InChI is InChI=1S/C17H17FN2O3/c1-3-23-17(22)14-10-5-7-13(21)15(10)20-16(14)19-12-6-4-9(2)8-11(12)18/h4,6,8,19-20H,3,5,7H2,1-2H3. The highest BCUT2D eigenvalue weighted by molar-refractivity contribution is 6.07. The van der Waals surface area contributed by atoms with Crippen LogP contribution in [0, 0.1) is 12.7 Å². The number of rotatable bonds is 4. The molecule has 1 heterocycles. The van der Waals surface area contributed by atoms with E-state index in [1.807, 2.05) is 0 Å². The first-order valence-electron chi connectivity index (χ1n) is 7.49. The monoisotopic (exact) mass is 316 g/mol. The van der Waals surface area contributed by atoms with Gasteiger partial charge in [-0.3, -0.25) is 4.79 Å². The summed E-state index contributed by atoms with van der Waals surface area (Å²) in [5, 5.41) is 2.87. The van der Waals surface area contributed by atoms with Crippen LogP contribution < -0.4 is 5.32 Å². The fraction of sp³-hybridized carbons (Fsp3) is 0.294. The molecule has 1 aliphatic rings. The number of fused-ring (bicyclic) bond motifs is 1. The number of hydrogen-bond acceptors (Lipinski definition) is 4. The van der Waals surface area contributed by atoms with Crippen molar-refractivity contribution >= 4 is 23.3 Å². The third-order valence-corrected chi connectivity index (χ3v) is 3.85. The molecule has 0 aliphatic heterocycles. The number of anilines is 2. The van der Waals surface area contributed by atoms with Gasteiger partial charge in [0, 0.05) is 6.42 Å². The van der Waals surface area contributed by atoms with Crippen LogP contribution in [0.1, 0.15) is 45.3 Å². The largest absolute Gasteiger partial charge is 0.462 e. The molecule has 6 heteroatoms. The van der Waals surface area contributed by atoms with Gasteiger partial charge >= 0.3 is 5.97 Å². The number of Topliss-reactive ketones (excluding diaryl/α,β-unsaturated/α-hetero) is 1. The summed E-state index contributed by atoms with van der Waals surface area (Å²) in [6.45, 7) is 3.73. The Balaban J connectivity index is 2.03. The van der Waals surface area contributed by atoms with Gasteiger partial charge in [0.25, 0.3) is 0 Å². The second kappa shape index (κ2) is 5.87. The van der Waals surface area contributed by atoms with Crippen molar-refractivity contribution in [3.63, 3.8) is 0 Å². The van der Waals surface area contributed by atoms with Gasteiger partial charge in [-0.15, -0.1) is 0 Å². The number of ketones is 1. The topological polar surface area (TPSA) is 71.2 Å². The molecule has 23 heavy (non-hydrogen) atoms. The summed E-state index contributed by atoms with van der Waals surface area (Å²) in [6, 6.07) is 4.75. The van der Waals surface area contributed by atoms with Crippen molar-refractivity contribution in [3.8, 4) is 0 Å². The lowest BCUT2D eigenvalue weighted by Gasteiger charge is -2.10. The van der Waals surface area contributed by atoms with Gasteiger partial charge < -0.3 is 15.0 Å². The van der Waals surface area contributed by atoms with Gasteiger partial charge in [0.15, 0.2) is 5.78 Å². The summed E-state index contributed by atoms with van der Waals surface area (Å²) in [4.78, 5) is 27.0. The van der Waals surface area contributed by atoms with Crippen LogP contribution in [0.15, 0.2) is 18.2 Å². The minimum absolute atomic E-state index is 0.0528. The maximum absolute atomic E-state index is 14.0. The van der Waals surface area contributed by atoms with Gasteiger partial charge in [-0.2, -0.15) is 0 Å². The molecule has 0 unspecified atom stereocenters. The van der Waals surface area contributed by atoms with Crippen LogP contribution >= 0.6 is 0 Å². The highest BCUT2D eigenvalue weighted by Crippen LogP contribution is 2.33. The molecule has 5 nitrogen and oxygen atoms in total. The minimum Gasteiger partial charge on any atom is -0.462 e. The molecule has 0 saturated heterocycles. The summed E-state index contributed by atoms with van der Waals surface area (Å²) in [5.41, 5.74) is 2.36. The van der Waals surface area contributed by atoms with E-state index in [0.717, 1.165) is 5.56 Å². The first kappa shape index (κ1) is 15.3. The Kier molecular flexibility index (Phi) is 3.90. The minimum atomic E-state index is -0.519. The maximum atomic E-state index is 14.0. The second-order valence-electron chi connectivity index (χ2n) is 5.48. The molecule has 0 bridgehead atoms. The molecule has 3 rings (SSSR count). The van der Waals surface area contributed by atoms with Crippen LogP contribution in [0.3, 0.4) is 0 Å². The summed E-state index contributed by atoms with van der Waals surface area (Å²) < 4.78 is 19.1. The molecule has 2 aromatic rings. The van der Waals surface area contributed by atoms with Crippen LogP contribution in [0.4, 0.5) is 15.9 Å². The van der Waals surface area contributed by atoms with Crippen molar-refractivity contribution < 1.29 is 18.7 Å². The zero-order valence-corrected chi connectivity index (χ0v) is 13.0. The quantitative estimate of drug-likeness (QED) is 0.847. The fourth-order valence-electron chi connectivity index (χ4n) is 2.77. The Morgan fingerprint density at radius 3 is 2.87 bits per heavy atom. The normalized spacial score (nSPS) is 13.1. The van der Waals surface area contributed by atoms with Gasteiger partial charge in [-0.25, -0.2) is 9.18 Å². The fourth-order valence-corrected chi connectivity index (χ4v) is 2.77. The van der Waals surface area contributed by atoms with E-state index in [9.17, 15) is 14.0 Å². The van der Waals surface area contributed by atoms with Crippen molar-refractivity contribution in [2.24, 2.45) is 0 Å². The first-order chi connectivity index (χ1) is 11.0. The number of nitrogens with one attached hydrogen (secondary N) is 2. The lowest BCUT2D eigenvalue weighted by molar-refractivity contribution is 0.0526. The zero-order valence-electron chi connectivity index (χ0n) is 13.0. The third-order valence-electron chi connectivity index (χ3n) is 3.85. The molecule has 0 fully saturated rings. The highest BCUT2D eigenvalue weighted by atomic mass is 19.1. The number of aromatic amines is 1. The molecular formula is C17H17FN2O3. The van der Waals surface area contributed by atoms with Crippen LogP contribution in [-0.2, 0) is 11.2 Å². The average Bonchev–Trinajstić information content (AvgIpc) is 3.02. The van der Waals surface area contributed by atoms with Crippen LogP contribution in [0.25, 0.3) is 0 Å². The Morgan fingerprint density at radius 2 is 2.17 bits per heavy atom. The molecule has 2 N–H and O–H groups in total. The Bertz CT molecular complexity index is 795. The number of halogens is 1. The van der Waals surface area contributed by atoms with E-state index < -0.39 is 11.8 Å². The number of H-pyrrole nitrogens is 1. The summed E-state index contributed by atoms with van der Waals surface area (Å²) in [6.07, 6.45) is 0.851. The van der Waals surface area contributed by atoms with Gasteiger partial charge in [0.05, 0.1) is 18.0 Å². The number of ether oxygens (including phenoxy) is 1. The SMILES string of the molecule is CCOC(=O)c1c(Nc2ccc(C)cc2F)[nH]c2c1CCC2=O. The van der Waals surface area contributed by atoms with Crippen molar-refractivity contribution in [3.05, 3.63) is 46.4 Å². The van der Waals surface area contributed by atoms with Crippen LogP contribution in [0.5, 0.6) is 0 Å². The second-order valence-corrected chi connectivity index (χ2v) is 5.48. The predicted octanol–water partition coefficient (Wildman–Crippen LogP) is 3.51. The number of carbonyl (C=O) groups is 2. The molecule has 1 aromatic heterocycles. The third kappa shape index (κ3) is 2.72. The smallest absolute Gasteiger partial charge is 0.342 e.